The van der Waals surface area contributed by atoms with Gasteiger partial charge in [-0.2, -0.15) is 0 Å². The summed E-state index contributed by atoms with van der Waals surface area (Å²) in [5.41, 5.74) is 4.22. The number of hydrogen-bond donors (Lipinski definition) is 2. The molecule has 0 bridgehead atoms. The van der Waals surface area contributed by atoms with Crippen LogP contribution in [0.1, 0.15) is 12.8 Å². The van der Waals surface area contributed by atoms with Crippen LogP contribution < -0.4 is 10.6 Å². The molecule has 0 spiro atoms. The van der Waals surface area contributed by atoms with Crippen LogP contribution in [-0.4, -0.2) is 18.4 Å². The van der Waals surface area contributed by atoms with E-state index >= 15 is 0 Å². The minimum absolute atomic E-state index is 0.246. The molecule has 2 aliphatic heterocycles. The summed E-state index contributed by atoms with van der Waals surface area (Å²) in [6, 6.07) is 0. The molecule has 2 atom stereocenters. The first-order valence-corrected chi connectivity index (χ1v) is 4.81. The van der Waals surface area contributed by atoms with Crippen molar-refractivity contribution < 1.29 is 0 Å². The molecule has 2 aliphatic rings. The molecule has 0 aromatic carbocycles. The van der Waals surface area contributed by atoms with Gasteiger partial charge in [0, 0.05) is 12.2 Å². The highest BCUT2D eigenvalue weighted by Gasteiger charge is 2.30. The van der Waals surface area contributed by atoms with Gasteiger partial charge in [0.1, 0.15) is 0 Å². The Morgan fingerprint density at radius 2 is 2.50 bits per heavy atom. The topological polar surface area (TPSA) is 24.1 Å². The number of nitrogens with one attached hydrogen (secondary N) is 2. The second kappa shape index (κ2) is 1.94. The molecule has 2 fully saturated rings. The van der Waals surface area contributed by atoms with E-state index in [0.29, 0.717) is 0 Å². The van der Waals surface area contributed by atoms with Crippen molar-refractivity contribution in [2.24, 2.45) is 0 Å². The summed E-state index contributed by atoms with van der Waals surface area (Å²) in [7, 11) is 0.246. The lowest BCUT2D eigenvalue weighted by Gasteiger charge is -2.04. The van der Waals surface area contributed by atoms with Crippen LogP contribution in [0.5, 0.6) is 0 Å². The third-order valence-corrected chi connectivity index (χ3v) is 4.50. The Morgan fingerprint density at radius 3 is 3.38 bits per heavy atom. The first-order valence-electron chi connectivity index (χ1n) is 3.22. The van der Waals surface area contributed by atoms with E-state index in [1.165, 1.54) is 25.5 Å². The largest absolute Gasteiger partial charge is 0.254 e. The highest BCUT2D eigenvalue weighted by Crippen LogP contribution is 2.47. The zero-order chi connectivity index (χ0) is 5.40. The van der Waals surface area contributed by atoms with Crippen LogP contribution in [-0.2, 0) is 0 Å². The lowest BCUT2D eigenvalue weighted by molar-refractivity contribution is 0.672. The van der Waals surface area contributed by atoms with Crippen molar-refractivity contribution in [3.05, 3.63) is 0 Å². The van der Waals surface area contributed by atoms with Gasteiger partial charge in [0.2, 0.25) is 0 Å². The predicted molar refractivity (Wildman–Crippen MR) is 35.9 cm³/mol. The van der Waals surface area contributed by atoms with Gasteiger partial charge in [-0.25, -0.2) is 5.20 Å². The molecule has 46 valence electrons. The van der Waals surface area contributed by atoms with E-state index in [1.807, 2.05) is 0 Å². The number of hydrogen-bond acceptors (Lipinski definition) is 2. The first kappa shape index (κ1) is 5.16. The van der Waals surface area contributed by atoms with E-state index in [0.717, 1.165) is 5.66 Å². The van der Waals surface area contributed by atoms with Gasteiger partial charge in [-0.1, -0.05) is 0 Å². The Kier molecular flexibility index (Phi) is 1.25. The number of rotatable bonds is 0. The highest BCUT2D eigenvalue weighted by atomic mass is 31.1. The Hall–Kier alpha value is 0.350. The van der Waals surface area contributed by atoms with Crippen LogP contribution in [0.15, 0.2) is 0 Å². The van der Waals surface area contributed by atoms with Crippen LogP contribution in [0.25, 0.3) is 0 Å². The summed E-state index contributed by atoms with van der Waals surface area (Å²) in [6.07, 6.45) is 4.38. The van der Waals surface area contributed by atoms with Gasteiger partial charge < -0.3 is 0 Å². The van der Waals surface area contributed by atoms with Gasteiger partial charge in [0.05, 0.1) is 0 Å². The summed E-state index contributed by atoms with van der Waals surface area (Å²) < 4.78 is 0. The average Bonchev–Trinajstić information content (AvgIpc) is 2.15. The van der Waals surface area contributed by atoms with E-state index in [1.54, 1.807) is 0 Å². The first-order chi connectivity index (χ1) is 3.97. The molecule has 2 rings (SSSR count). The zero-order valence-electron chi connectivity index (χ0n) is 4.85. The molecule has 0 aromatic rings. The van der Waals surface area contributed by atoms with Crippen LogP contribution in [0.2, 0.25) is 0 Å². The molecule has 2 saturated heterocycles. The summed E-state index contributed by atoms with van der Waals surface area (Å²) in [6.45, 7) is 1.23. The quantitative estimate of drug-likeness (QED) is 0.470. The van der Waals surface area contributed by atoms with Crippen molar-refractivity contribution in [2.45, 2.75) is 18.5 Å². The molecule has 0 aliphatic carbocycles. The van der Waals surface area contributed by atoms with Crippen LogP contribution in [0.4, 0.5) is 0 Å². The number of hydrazine groups is 1. The second-order valence-electron chi connectivity index (χ2n) is 2.48. The minimum Gasteiger partial charge on any atom is -0.254 e. The van der Waals surface area contributed by atoms with E-state index < -0.39 is 0 Å². The normalized spacial score (nSPS) is 45.0. The molecule has 8 heavy (non-hydrogen) atoms. The van der Waals surface area contributed by atoms with E-state index in [2.05, 4.69) is 10.6 Å². The van der Waals surface area contributed by atoms with Gasteiger partial charge in [-0.05, 0) is 27.1 Å². The van der Waals surface area contributed by atoms with E-state index in [4.69, 9.17) is 0 Å². The fourth-order valence-electron chi connectivity index (χ4n) is 1.46. The predicted octanol–water partition coefficient (Wildman–Crippen LogP) is 0.653. The van der Waals surface area contributed by atoms with Crippen molar-refractivity contribution in [1.82, 2.24) is 10.6 Å². The third kappa shape index (κ3) is 0.680. The Morgan fingerprint density at radius 1 is 1.50 bits per heavy atom. The Balaban J connectivity index is 2.04. The second-order valence-corrected chi connectivity index (χ2v) is 4.82. The van der Waals surface area contributed by atoms with Gasteiger partial charge in [-0.15, -0.1) is 0 Å². The molecule has 2 unspecified atom stereocenters. The van der Waals surface area contributed by atoms with Gasteiger partial charge >= 0.3 is 0 Å². The van der Waals surface area contributed by atoms with Crippen LogP contribution in [0, 0.1) is 0 Å². The van der Waals surface area contributed by atoms with Crippen LogP contribution in [0.3, 0.4) is 0 Å². The van der Waals surface area contributed by atoms with Gasteiger partial charge in [0.15, 0.2) is 0 Å². The number of fused-ring (bicyclic) bond motifs is 1. The van der Waals surface area contributed by atoms with Crippen molar-refractivity contribution >= 4 is 8.07 Å². The maximum absolute atomic E-state index is 3.33. The van der Waals surface area contributed by atoms with Crippen molar-refractivity contribution in [3.63, 3.8) is 0 Å². The maximum atomic E-state index is 3.33. The summed E-state index contributed by atoms with van der Waals surface area (Å²) in [5.74, 6) is 0. The van der Waals surface area contributed by atoms with Crippen molar-refractivity contribution in [3.8, 4) is 0 Å². The van der Waals surface area contributed by atoms with Gasteiger partial charge in [0.25, 0.3) is 0 Å². The fourth-order valence-corrected chi connectivity index (χ4v) is 3.74. The van der Waals surface area contributed by atoms with E-state index in [-0.39, 0.29) is 8.07 Å². The summed E-state index contributed by atoms with van der Waals surface area (Å²) in [4.78, 5) is 0. The maximum Gasteiger partial charge on any atom is 0.0183 e. The third-order valence-electron chi connectivity index (χ3n) is 1.94. The minimum atomic E-state index is 0.246. The molecule has 0 aromatic heterocycles. The Labute approximate surface area is 50.8 Å². The lowest BCUT2D eigenvalue weighted by atomic mass is 10.2. The van der Waals surface area contributed by atoms with Crippen molar-refractivity contribution in [2.75, 3.05) is 12.7 Å². The molecule has 0 radical (unpaired) electrons. The monoisotopic (exact) mass is 130 g/mol. The standard InChI is InChI=1S/C5H11N2P/c1-2-5-4-6-7-8(5)3-1/h5-7H,1-4H2. The van der Waals surface area contributed by atoms with Crippen LogP contribution >= 0.6 is 8.07 Å². The molecule has 2 nitrogen and oxygen atoms in total. The average molecular weight is 130 g/mol. The molecule has 0 saturated carbocycles. The smallest absolute Gasteiger partial charge is 0.0183 e. The lowest BCUT2D eigenvalue weighted by Crippen LogP contribution is -2.20. The Bertz CT molecular complexity index is 76.4. The molecular weight excluding hydrogens is 119 g/mol. The summed E-state index contributed by atoms with van der Waals surface area (Å²) in [5, 5.41) is 3.33. The molecule has 3 heteroatoms. The van der Waals surface area contributed by atoms with Crippen molar-refractivity contribution in [1.29, 1.82) is 0 Å². The van der Waals surface area contributed by atoms with E-state index in [9.17, 15) is 0 Å². The molecular formula is C5H11N2P. The fraction of sp³-hybridized carbons (Fsp3) is 1.00. The molecule has 0 amide bonds. The SMILES string of the molecule is C1CC2CNNP2C1. The zero-order valence-corrected chi connectivity index (χ0v) is 5.75. The molecule has 2 heterocycles. The van der Waals surface area contributed by atoms with Gasteiger partial charge in [-0.3, -0.25) is 5.43 Å². The highest BCUT2D eigenvalue weighted by molar-refractivity contribution is 7.56. The summed E-state index contributed by atoms with van der Waals surface area (Å²) >= 11 is 0. The molecule has 2 N–H and O–H groups in total.